The van der Waals surface area contributed by atoms with Gasteiger partial charge in [-0.05, 0) is 38.3 Å². The summed E-state index contributed by atoms with van der Waals surface area (Å²) in [7, 11) is 0. The van der Waals surface area contributed by atoms with Gasteiger partial charge in [0, 0.05) is 18.8 Å². The monoisotopic (exact) mass is 248 g/mol. The maximum atomic E-state index is 12.2. The summed E-state index contributed by atoms with van der Waals surface area (Å²) in [6, 6.07) is 3.13. The smallest absolute Gasteiger partial charge is 0.354 e. The SMILES string of the molecule is CC1CCCCN1C(=O)c1ccc(C(=O)O)nc1. The summed E-state index contributed by atoms with van der Waals surface area (Å²) < 4.78 is 0. The predicted octanol–water partition coefficient (Wildman–Crippen LogP) is 1.79. The molecule has 1 aliphatic rings. The van der Waals surface area contributed by atoms with E-state index in [9.17, 15) is 9.59 Å². The molecule has 0 aliphatic carbocycles. The van der Waals surface area contributed by atoms with E-state index in [1.165, 1.54) is 18.3 Å². The van der Waals surface area contributed by atoms with Gasteiger partial charge in [0.15, 0.2) is 0 Å². The molecule has 0 saturated carbocycles. The minimum Gasteiger partial charge on any atom is -0.477 e. The number of amides is 1. The summed E-state index contributed by atoms with van der Waals surface area (Å²) in [4.78, 5) is 28.5. The van der Waals surface area contributed by atoms with Crippen LogP contribution in [0.5, 0.6) is 0 Å². The Hall–Kier alpha value is -1.91. The first-order valence-electron chi connectivity index (χ1n) is 6.10. The summed E-state index contributed by atoms with van der Waals surface area (Å²) in [6.07, 6.45) is 4.54. The standard InChI is InChI=1S/C13H16N2O3/c1-9-4-2-3-7-15(9)12(16)10-5-6-11(13(17)18)14-8-10/h5-6,8-9H,2-4,7H2,1H3,(H,17,18). The van der Waals surface area contributed by atoms with E-state index < -0.39 is 5.97 Å². The van der Waals surface area contributed by atoms with E-state index >= 15 is 0 Å². The molecule has 1 saturated heterocycles. The highest BCUT2D eigenvalue weighted by atomic mass is 16.4. The van der Waals surface area contributed by atoms with E-state index in [1.54, 1.807) is 0 Å². The number of piperidine rings is 1. The predicted molar refractivity (Wildman–Crippen MR) is 65.5 cm³/mol. The molecular formula is C13H16N2O3. The fraction of sp³-hybridized carbons (Fsp3) is 0.462. The second kappa shape index (κ2) is 5.16. The fourth-order valence-corrected chi connectivity index (χ4v) is 2.21. The normalized spacial score (nSPS) is 19.6. The van der Waals surface area contributed by atoms with Crippen molar-refractivity contribution in [3.8, 4) is 0 Å². The molecule has 1 fully saturated rings. The lowest BCUT2D eigenvalue weighted by Gasteiger charge is -2.33. The Balaban J connectivity index is 2.15. The molecule has 2 rings (SSSR count). The van der Waals surface area contributed by atoms with Crippen LogP contribution in [0.2, 0.25) is 0 Å². The largest absolute Gasteiger partial charge is 0.477 e. The Morgan fingerprint density at radius 2 is 2.17 bits per heavy atom. The molecular weight excluding hydrogens is 232 g/mol. The van der Waals surface area contributed by atoms with Crippen molar-refractivity contribution in [3.63, 3.8) is 0 Å². The molecule has 0 bridgehead atoms. The van der Waals surface area contributed by atoms with E-state index in [0.29, 0.717) is 5.56 Å². The number of nitrogens with zero attached hydrogens (tertiary/aromatic N) is 2. The van der Waals surface area contributed by atoms with Crippen LogP contribution in [0.25, 0.3) is 0 Å². The molecule has 1 amide bonds. The zero-order valence-corrected chi connectivity index (χ0v) is 10.3. The number of likely N-dealkylation sites (tertiary alicyclic amines) is 1. The summed E-state index contributed by atoms with van der Waals surface area (Å²) in [5, 5.41) is 8.75. The summed E-state index contributed by atoms with van der Waals surface area (Å²) in [5.74, 6) is -1.15. The molecule has 0 aromatic carbocycles. The first-order valence-corrected chi connectivity index (χ1v) is 6.10. The number of carboxylic acids is 1. The van der Waals surface area contributed by atoms with Gasteiger partial charge in [-0.25, -0.2) is 9.78 Å². The number of aromatic carboxylic acids is 1. The van der Waals surface area contributed by atoms with Gasteiger partial charge in [-0.15, -0.1) is 0 Å². The van der Waals surface area contributed by atoms with Crippen LogP contribution in [0.3, 0.4) is 0 Å². The molecule has 5 heteroatoms. The van der Waals surface area contributed by atoms with Crippen LogP contribution >= 0.6 is 0 Å². The third-order valence-corrected chi connectivity index (χ3v) is 3.29. The molecule has 1 aromatic heterocycles. The van der Waals surface area contributed by atoms with Gasteiger partial charge in [0.2, 0.25) is 0 Å². The Kier molecular flexibility index (Phi) is 3.60. The molecule has 96 valence electrons. The minimum absolute atomic E-state index is 0.0433. The molecule has 18 heavy (non-hydrogen) atoms. The zero-order chi connectivity index (χ0) is 13.1. The number of hydrogen-bond acceptors (Lipinski definition) is 3. The maximum absolute atomic E-state index is 12.2. The van der Waals surface area contributed by atoms with E-state index in [4.69, 9.17) is 5.11 Å². The van der Waals surface area contributed by atoms with Crippen molar-refractivity contribution in [2.24, 2.45) is 0 Å². The second-order valence-corrected chi connectivity index (χ2v) is 4.58. The van der Waals surface area contributed by atoms with Gasteiger partial charge >= 0.3 is 5.97 Å². The fourth-order valence-electron chi connectivity index (χ4n) is 2.21. The van der Waals surface area contributed by atoms with Crippen molar-refractivity contribution in [3.05, 3.63) is 29.6 Å². The summed E-state index contributed by atoms with van der Waals surface area (Å²) >= 11 is 0. The van der Waals surface area contributed by atoms with Gasteiger partial charge in [-0.2, -0.15) is 0 Å². The van der Waals surface area contributed by atoms with Crippen LogP contribution in [0.4, 0.5) is 0 Å². The quantitative estimate of drug-likeness (QED) is 0.866. The number of carboxylic acid groups (broad SMARTS) is 1. The lowest BCUT2D eigenvalue weighted by Crippen LogP contribution is -2.42. The first-order chi connectivity index (χ1) is 8.59. The van der Waals surface area contributed by atoms with Gasteiger partial charge < -0.3 is 10.0 Å². The summed E-state index contributed by atoms with van der Waals surface area (Å²) in [6.45, 7) is 2.80. The van der Waals surface area contributed by atoms with E-state index in [1.807, 2.05) is 11.8 Å². The molecule has 5 nitrogen and oxygen atoms in total. The number of pyridine rings is 1. The lowest BCUT2D eigenvalue weighted by molar-refractivity contribution is 0.0631. The third kappa shape index (κ3) is 2.50. The van der Waals surface area contributed by atoms with Crippen molar-refractivity contribution < 1.29 is 14.7 Å². The number of carbonyl (C=O) groups is 2. The highest BCUT2D eigenvalue weighted by molar-refractivity contribution is 5.95. The van der Waals surface area contributed by atoms with Crippen LogP contribution in [-0.2, 0) is 0 Å². The van der Waals surface area contributed by atoms with Gasteiger partial charge in [0.25, 0.3) is 5.91 Å². The second-order valence-electron chi connectivity index (χ2n) is 4.58. The number of aromatic nitrogens is 1. The number of carbonyl (C=O) groups excluding carboxylic acids is 1. The summed E-state index contributed by atoms with van der Waals surface area (Å²) in [5.41, 5.74) is 0.409. The number of hydrogen-bond donors (Lipinski definition) is 1. The van der Waals surface area contributed by atoms with Crippen molar-refractivity contribution in [2.75, 3.05) is 6.54 Å². The molecule has 1 atom stereocenters. The Bertz CT molecular complexity index is 456. The molecule has 0 radical (unpaired) electrons. The molecule has 1 N–H and O–H groups in total. The van der Waals surface area contributed by atoms with Crippen molar-refractivity contribution in [2.45, 2.75) is 32.2 Å². The average molecular weight is 248 g/mol. The Morgan fingerprint density at radius 3 is 2.72 bits per heavy atom. The van der Waals surface area contributed by atoms with Crippen LogP contribution in [0.1, 0.15) is 47.0 Å². The van der Waals surface area contributed by atoms with Crippen molar-refractivity contribution in [1.82, 2.24) is 9.88 Å². The van der Waals surface area contributed by atoms with Gasteiger partial charge in [0.1, 0.15) is 5.69 Å². The average Bonchev–Trinajstić information content (AvgIpc) is 2.38. The van der Waals surface area contributed by atoms with Crippen LogP contribution in [-0.4, -0.2) is 39.5 Å². The number of rotatable bonds is 2. The van der Waals surface area contributed by atoms with E-state index in [2.05, 4.69) is 4.98 Å². The molecule has 1 aromatic rings. The zero-order valence-electron chi connectivity index (χ0n) is 10.3. The Morgan fingerprint density at radius 1 is 1.39 bits per heavy atom. The minimum atomic E-state index is -1.08. The van der Waals surface area contributed by atoms with E-state index in [-0.39, 0.29) is 17.6 Å². The Labute approximate surface area is 105 Å². The van der Waals surface area contributed by atoms with Crippen molar-refractivity contribution >= 4 is 11.9 Å². The third-order valence-electron chi connectivity index (χ3n) is 3.29. The first kappa shape index (κ1) is 12.5. The molecule has 1 unspecified atom stereocenters. The highest BCUT2D eigenvalue weighted by Crippen LogP contribution is 2.18. The molecule has 2 heterocycles. The van der Waals surface area contributed by atoms with Gasteiger partial charge in [-0.3, -0.25) is 4.79 Å². The molecule has 0 spiro atoms. The highest BCUT2D eigenvalue weighted by Gasteiger charge is 2.24. The topological polar surface area (TPSA) is 70.5 Å². The van der Waals surface area contributed by atoms with Gasteiger partial charge in [-0.1, -0.05) is 0 Å². The van der Waals surface area contributed by atoms with Crippen molar-refractivity contribution in [1.29, 1.82) is 0 Å². The molecule has 1 aliphatic heterocycles. The van der Waals surface area contributed by atoms with E-state index in [0.717, 1.165) is 25.8 Å². The van der Waals surface area contributed by atoms with Crippen LogP contribution in [0.15, 0.2) is 18.3 Å². The lowest BCUT2D eigenvalue weighted by atomic mass is 10.0. The van der Waals surface area contributed by atoms with Gasteiger partial charge in [0.05, 0.1) is 5.56 Å². The van der Waals surface area contributed by atoms with Crippen LogP contribution < -0.4 is 0 Å². The van der Waals surface area contributed by atoms with Crippen LogP contribution in [0, 0.1) is 0 Å². The maximum Gasteiger partial charge on any atom is 0.354 e.